The number of esters is 1. The fourth-order valence-corrected chi connectivity index (χ4v) is 3.20. The van der Waals surface area contributed by atoms with Gasteiger partial charge in [0.25, 0.3) is 0 Å². The van der Waals surface area contributed by atoms with E-state index in [0.717, 1.165) is 21.9 Å². The molecule has 1 atom stereocenters. The van der Waals surface area contributed by atoms with Crippen molar-refractivity contribution in [1.29, 1.82) is 0 Å². The van der Waals surface area contributed by atoms with Crippen molar-refractivity contribution in [2.24, 2.45) is 0 Å². The monoisotopic (exact) mass is 377 g/mol. The Kier molecular flexibility index (Phi) is 6.27. The second-order valence-corrected chi connectivity index (χ2v) is 6.49. The van der Waals surface area contributed by atoms with Crippen LogP contribution in [0.5, 0.6) is 5.75 Å². The number of amides is 1. The Morgan fingerprint density at radius 2 is 1.64 bits per heavy atom. The molecule has 0 saturated heterocycles. The molecule has 0 fully saturated rings. The van der Waals surface area contributed by atoms with Gasteiger partial charge in [0, 0.05) is 0 Å². The molecule has 0 radical (unpaired) electrons. The SMILES string of the molecule is COC(=O)CC(NC(=O)Cc1cccc2ccccc12)c1ccc(OC)cc1. The number of hydrogen-bond acceptors (Lipinski definition) is 4. The molecular formula is C23H23NO4. The normalized spacial score (nSPS) is 11.6. The summed E-state index contributed by atoms with van der Waals surface area (Å²) in [5.41, 5.74) is 1.76. The number of benzene rings is 3. The summed E-state index contributed by atoms with van der Waals surface area (Å²) < 4.78 is 9.96. The molecule has 3 rings (SSSR count). The van der Waals surface area contributed by atoms with Crippen molar-refractivity contribution >= 4 is 22.6 Å². The van der Waals surface area contributed by atoms with E-state index in [1.54, 1.807) is 19.2 Å². The second-order valence-electron chi connectivity index (χ2n) is 6.49. The highest BCUT2D eigenvalue weighted by molar-refractivity contribution is 5.90. The molecular weight excluding hydrogens is 354 g/mol. The molecule has 5 heteroatoms. The Bertz CT molecular complexity index is 961. The minimum atomic E-state index is -0.471. The van der Waals surface area contributed by atoms with Crippen LogP contribution in [0.3, 0.4) is 0 Å². The molecule has 0 aromatic heterocycles. The van der Waals surface area contributed by atoms with E-state index in [2.05, 4.69) is 5.32 Å². The number of hydrogen-bond donors (Lipinski definition) is 1. The van der Waals surface area contributed by atoms with Crippen molar-refractivity contribution in [2.45, 2.75) is 18.9 Å². The van der Waals surface area contributed by atoms with Gasteiger partial charge in [0.2, 0.25) is 5.91 Å². The maximum Gasteiger partial charge on any atom is 0.307 e. The van der Waals surface area contributed by atoms with Crippen molar-refractivity contribution < 1.29 is 19.1 Å². The predicted molar refractivity (Wildman–Crippen MR) is 108 cm³/mol. The smallest absolute Gasteiger partial charge is 0.307 e. The van der Waals surface area contributed by atoms with Crippen molar-refractivity contribution in [2.75, 3.05) is 14.2 Å². The third kappa shape index (κ3) is 4.68. The van der Waals surface area contributed by atoms with E-state index >= 15 is 0 Å². The molecule has 1 amide bonds. The molecule has 1 unspecified atom stereocenters. The zero-order chi connectivity index (χ0) is 19.9. The highest BCUT2D eigenvalue weighted by Gasteiger charge is 2.19. The van der Waals surface area contributed by atoms with Crippen LogP contribution in [0.1, 0.15) is 23.6 Å². The number of nitrogens with one attached hydrogen (secondary N) is 1. The lowest BCUT2D eigenvalue weighted by Crippen LogP contribution is -2.31. The van der Waals surface area contributed by atoms with E-state index in [4.69, 9.17) is 9.47 Å². The third-order valence-electron chi connectivity index (χ3n) is 4.68. The summed E-state index contributed by atoms with van der Waals surface area (Å²) in [6.45, 7) is 0. The molecule has 0 aliphatic heterocycles. The van der Waals surface area contributed by atoms with E-state index < -0.39 is 6.04 Å². The summed E-state index contributed by atoms with van der Waals surface area (Å²) in [6.07, 6.45) is 0.291. The van der Waals surface area contributed by atoms with Gasteiger partial charge in [-0.15, -0.1) is 0 Å². The van der Waals surface area contributed by atoms with Gasteiger partial charge in [-0.05, 0) is 34.0 Å². The first-order valence-electron chi connectivity index (χ1n) is 9.07. The van der Waals surface area contributed by atoms with Crippen LogP contribution >= 0.6 is 0 Å². The zero-order valence-electron chi connectivity index (χ0n) is 16.0. The molecule has 28 heavy (non-hydrogen) atoms. The van der Waals surface area contributed by atoms with Crippen LogP contribution in [0.2, 0.25) is 0 Å². The van der Waals surface area contributed by atoms with Gasteiger partial charge >= 0.3 is 5.97 Å². The first kappa shape index (κ1) is 19.4. The lowest BCUT2D eigenvalue weighted by molar-refractivity contribution is -0.141. The van der Waals surface area contributed by atoms with Crippen LogP contribution in [0.4, 0.5) is 0 Å². The Labute approximate surface area is 164 Å². The Morgan fingerprint density at radius 3 is 2.36 bits per heavy atom. The molecule has 3 aromatic carbocycles. The molecule has 0 aliphatic carbocycles. The van der Waals surface area contributed by atoms with Crippen LogP contribution in [0.25, 0.3) is 10.8 Å². The maximum absolute atomic E-state index is 12.7. The van der Waals surface area contributed by atoms with E-state index in [0.29, 0.717) is 5.75 Å². The lowest BCUT2D eigenvalue weighted by Gasteiger charge is -2.19. The average Bonchev–Trinajstić information content (AvgIpc) is 2.73. The predicted octanol–water partition coefficient (Wildman–Crippen LogP) is 3.81. The number of carbonyl (C=O) groups is 2. The van der Waals surface area contributed by atoms with Gasteiger partial charge < -0.3 is 14.8 Å². The summed E-state index contributed by atoms with van der Waals surface area (Å²) in [4.78, 5) is 24.6. The largest absolute Gasteiger partial charge is 0.497 e. The quantitative estimate of drug-likeness (QED) is 0.636. The van der Waals surface area contributed by atoms with Gasteiger partial charge in [-0.3, -0.25) is 9.59 Å². The first-order valence-corrected chi connectivity index (χ1v) is 9.07. The van der Waals surface area contributed by atoms with Crippen LogP contribution in [-0.2, 0) is 20.7 Å². The Hall–Kier alpha value is -3.34. The minimum Gasteiger partial charge on any atom is -0.497 e. The topological polar surface area (TPSA) is 64.6 Å². The molecule has 0 saturated carbocycles. The molecule has 0 bridgehead atoms. The Balaban J connectivity index is 1.78. The molecule has 1 N–H and O–H groups in total. The summed E-state index contributed by atoms with van der Waals surface area (Å²) in [5.74, 6) is 0.176. The summed E-state index contributed by atoms with van der Waals surface area (Å²) in [7, 11) is 2.93. The average molecular weight is 377 g/mol. The molecule has 0 heterocycles. The van der Waals surface area contributed by atoms with E-state index in [1.807, 2.05) is 54.6 Å². The molecule has 3 aromatic rings. The molecule has 5 nitrogen and oxygen atoms in total. The van der Waals surface area contributed by atoms with Gasteiger partial charge in [0.15, 0.2) is 0 Å². The van der Waals surface area contributed by atoms with Gasteiger partial charge in [-0.2, -0.15) is 0 Å². The number of carbonyl (C=O) groups excluding carboxylic acids is 2. The Morgan fingerprint density at radius 1 is 0.929 bits per heavy atom. The fraction of sp³-hybridized carbons (Fsp3) is 0.217. The highest BCUT2D eigenvalue weighted by atomic mass is 16.5. The van der Waals surface area contributed by atoms with Crippen LogP contribution in [-0.4, -0.2) is 26.1 Å². The highest BCUT2D eigenvalue weighted by Crippen LogP contribution is 2.22. The fourth-order valence-electron chi connectivity index (χ4n) is 3.20. The summed E-state index contributed by atoms with van der Waals surface area (Å²) in [6, 6.07) is 20.7. The third-order valence-corrected chi connectivity index (χ3v) is 4.68. The molecule has 0 spiro atoms. The number of ether oxygens (including phenoxy) is 2. The standard InChI is InChI=1S/C23H23NO4/c1-27-19-12-10-17(11-13-19)21(15-23(26)28-2)24-22(25)14-18-8-5-7-16-6-3-4-9-20(16)18/h3-13,21H,14-15H2,1-2H3,(H,24,25). The lowest BCUT2D eigenvalue weighted by atomic mass is 10.0. The second kappa shape index (κ2) is 9.04. The summed E-state index contributed by atoms with van der Waals surface area (Å²) >= 11 is 0. The number of rotatable bonds is 7. The van der Waals surface area contributed by atoms with Crippen molar-refractivity contribution in [3.8, 4) is 5.75 Å². The van der Waals surface area contributed by atoms with E-state index in [-0.39, 0.29) is 24.7 Å². The van der Waals surface area contributed by atoms with Gasteiger partial charge in [-0.25, -0.2) is 0 Å². The van der Waals surface area contributed by atoms with Crippen LogP contribution in [0.15, 0.2) is 66.7 Å². The number of fused-ring (bicyclic) bond motifs is 1. The van der Waals surface area contributed by atoms with Crippen molar-refractivity contribution in [1.82, 2.24) is 5.32 Å². The van der Waals surface area contributed by atoms with E-state index in [1.165, 1.54) is 7.11 Å². The molecule has 144 valence electrons. The van der Waals surface area contributed by atoms with Crippen LogP contribution < -0.4 is 10.1 Å². The first-order chi connectivity index (χ1) is 13.6. The minimum absolute atomic E-state index is 0.0596. The molecule has 0 aliphatic rings. The zero-order valence-corrected chi connectivity index (χ0v) is 16.0. The van der Waals surface area contributed by atoms with E-state index in [9.17, 15) is 9.59 Å². The maximum atomic E-state index is 12.7. The summed E-state index contributed by atoms with van der Waals surface area (Å²) in [5, 5.41) is 5.11. The van der Waals surface area contributed by atoms with Gasteiger partial charge in [-0.1, -0.05) is 54.6 Å². The van der Waals surface area contributed by atoms with Crippen LogP contribution in [0, 0.1) is 0 Å². The van der Waals surface area contributed by atoms with Crippen molar-refractivity contribution in [3.63, 3.8) is 0 Å². The van der Waals surface area contributed by atoms with Crippen molar-refractivity contribution in [3.05, 3.63) is 77.9 Å². The van der Waals surface area contributed by atoms with Gasteiger partial charge in [0.1, 0.15) is 5.75 Å². The van der Waals surface area contributed by atoms with Gasteiger partial charge in [0.05, 0.1) is 33.1 Å². The number of methoxy groups -OCH3 is 2.